The first-order valence-corrected chi connectivity index (χ1v) is 11.2. The predicted octanol–water partition coefficient (Wildman–Crippen LogP) is 3.28. The van der Waals surface area contributed by atoms with Crippen molar-refractivity contribution < 1.29 is 14.6 Å². The number of nitrogens with zero attached hydrogens (tertiary/aromatic N) is 4. The summed E-state index contributed by atoms with van der Waals surface area (Å²) >= 11 is 0. The average Bonchev–Trinajstić information content (AvgIpc) is 3.31. The summed E-state index contributed by atoms with van der Waals surface area (Å²) in [6, 6.07) is 1.93. The molecule has 9 nitrogen and oxygen atoms in total. The molecule has 0 aliphatic carbocycles. The van der Waals surface area contributed by atoms with Crippen LogP contribution in [0.25, 0.3) is 5.65 Å². The van der Waals surface area contributed by atoms with Crippen molar-refractivity contribution in [1.82, 2.24) is 19.5 Å². The average molecular weight is 433 g/mol. The molecule has 2 aromatic rings. The summed E-state index contributed by atoms with van der Waals surface area (Å²) < 4.78 is 7.35. The van der Waals surface area contributed by atoms with Gasteiger partial charge in [-0.2, -0.15) is 0 Å². The van der Waals surface area contributed by atoms with Crippen molar-refractivity contribution in [2.45, 2.75) is 84.6 Å². The molecule has 0 aromatic carbocycles. The molecule has 172 valence electrons. The minimum atomic E-state index is -0.507. The molecule has 1 fully saturated rings. The van der Waals surface area contributed by atoms with Gasteiger partial charge in [0.2, 0.25) is 0 Å². The SMILES string of the molecule is CCc1cnc2c(N[C@H]3CCN(C(=O)OC(C)(C)C)C3)cc(N[C@@H](CC)[C@@H](C)O)nn12. The number of anilines is 2. The number of ether oxygens (including phenoxy) is 1. The molecule has 3 heterocycles. The first-order valence-electron chi connectivity index (χ1n) is 11.2. The molecule has 1 saturated heterocycles. The Kier molecular flexibility index (Phi) is 6.93. The number of hydrogen-bond acceptors (Lipinski definition) is 7. The topological polar surface area (TPSA) is 104 Å². The summed E-state index contributed by atoms with van der Waals surface area (Å²) in [5.74, 6) is 0.678. The third-order valence-electron chi connectivity index (χ3n) is 5.46. The zero-order valence-electron chi connectivity index (χ0n) is 19.5. The molecule has 31 heavy (non-hydrogen) atoms. The van der Waals surface area contributed by atoms with E-state index in [1.165, 1.54) is 0 Å². The highest BCUT2D eigenvalue weighted by Gasteiger charge is 2.30. The molecular formula is C22H36N6O3. The zero-order chi connectivity index (χ0) is 22.8. The molecule has 1 aliphatic heterocycles. The summed E-state index contributed by atoms with van der Waals surface area (Å²) in [4.78, 5) is 18.7. The van der Waals surface area contributed by atoms with Crippen LogP contribution in [0.1, 0.15) is 60.1 Å². The van der Waals surface area contributed by atoms with Gasteiger partial charge in [0, 0.05) is 25.2 Å². The van der Waals surface area contributed by atoms with Gasteiger partial charge < -0.3 is 25.4 Å². The molecule has 3 atom stereocenters. The van der Waals surface area contributed by atoms with Gasteiger partial charge >= 0.3 is 6.09 Å². The normalized spacial score (nSPS) is 18.8. The largest absolute Gasteiger partial charge is 0.444 e. The molecule has 9 heteroatoms. The summed E-state index contributed by atoms with van der Waals surface area (Å²) in [6.45, 7) is 12.7. The summed E-state index contributed by atoms with van der Waals surface area (Å²) in [5, 5.41) is 21.6. The third-order valence-corrected chi connectivity index (χ3v) is 5.46. The van der Waals surface area contributed by atoms with E-state index in [4.69, 9.17) is 9.84 Å². The maximum Gasteiger partial charge on any atom is 0.410 e. The number of imidazole rings is 1. The number of aliphatic hydroxyl groups is 1. The van der Waals surface area contributed by atoms with Gasteiger partial charge in [-0.15, -0.1) is 5.10 Å². The van der Waals surface area contributed by atoms with E-state index < -0.39 is 11.7 Å². The Balaban J connectivity index is 1.81. The van der Waals surface area contributed by atoms with E-state index in [0.29, 0.717) is 18.9 Å². The molecular weight excluding hydrogens is 396 g/mol. The molecule has 0 saturated carbocycles. The van der Waals surface area contributed by atoms with Crippen LogP contribution in [0.3, 0.4) is 0 Å². The minimum Gasteiger partial charge on any atom is -0.444 e. The number of aryl methyl sites for hydroxylation is 1. The van der Waals surface area contributed by atoms with Crippen LogP contribution in [0.2, 0.25) is 0 Å². The number of aromatic nitrogens is 3. The lowest BCUT2D eigenvalue weighted by Gasteiger charge is -2.24. The van der Waals surface area contributed by atoms with Crippen molar-refractivity contribution in [3.8, 4) is 0 Å². The van der Waals surface area contributed by atoms with Crippen LogP contribution < -0.4 is 10.6 Å². The second kappa shape index (κ2) is 9.30. The van der Waals surface area contributed by atoms with E-state index in [2.05, 4.69) is 22.5 Å². The molecule has 1 amide bonds. The van der Waals surface area contributed by atoms with Gasteiger partial charge in [0.15, 0.2) is 5.65 Å². The van der Waals surface area contributed by atoms with E-state index in [0.717, 1.165) is 36.3 Å². The van der Waals surface area contributed by atoms with Gasteiger partial charge in [-0.1, -0.05) is 13.8 Å². The zero-order valence-corrected chi connectivity index (χ0v) is 19.5. The fourth-order valence-electron chi connectivity index (χ4n) is 3.78. The lowest BCUT2D eigenvalue weighted by molar-refractivity contribution is 0.0293. The van der Waals surface area contributed by atoms with Gasteiger partial charge in [0.1, 0.15) is 11.4 Å². The number of rotatable bonds is 7. The molecule has 2 aromatic heterocycles. The highest BCUT2D eigenvalue weighted by molar-refractivity contribution is 5.72. The molecule has 0 radical (unpaired) electrons. The molecule has 3 rings (SSSR count). The van der Waals surface area contributed by atoms with E-state index >= 15 is 0 Å². The standard InChI is InChI=1S/C22H36N6O3/c1-7-16-12-23-20-18(11-19(26-28(16)20)25-17(8-2)14(3)29)24-15-9-10-27(13-15)21(30)31-22(4,5)6/h11-12,14-15,17,24,29H,7-10,13H2,1-6H3,(H,25,26)/t14-,15+,17+/m1/s1. The van der Waals surface area contributed by atoms with Gasteiger partial charge in [-0.05, 0) is 47.0 Å². The van der Waals surface area contributed by atoms with Gasteiger partial charge in [0.25, 0.3) is 0 Å². The van der Waals surface area contributed by atoms with Crippen molar-refractivity contribution >= 4 is 23.2 Å². The second-order valence-electron chi connectivity index (χ2n) is 9.24. The van der Waals surface area contributed by atoms with Crippen LogP contribution in [0, 0.1) is 0 Å². The number of carbonyl (C=O) groups is 1. The van der Waals surface area contributed by atoms with Crippen LogP contribution in [0.5, 0.6) is 0 Å². The number of nitrogens with one attached hydrogen (secondary N) is 2. The molecule has 1 aliphatic rings. The Morgan fingerprint density at radius 3 is 2.74 bits per heavy atom. The second-order valence-corrected chi connectivity index (χ2v) is 9.24. The van der Waals surface area contributed by atoms with Crippen LogP contribution >= 0.6 is 0 Å². The maximum atomic E-state index is 12.4. The number of amides is 1. The molecule has 3 N–H and O–H groups in total. The van der Waals surface area contributed by atoms with Gasteiger partial charge in [-0.3, -0.25) is 0 Å². The van der Waals surface area contributed by atoms with Crippen molar-refractivity contribution in [2.24, 2.45) is 0 Å². The van der Waals surface area contributed by atoms with Crippen molar-refractivity contribution in [3.63, 3.8) is 0 Å². The number of fused-ring (bicyclic) bond motifs is 1. The molecule has 0 spiro atoms. The Labute approximate surface area is 184 Å². The van der Waals surface area contributed by atoms with Crippen molar-refractivity contribution in [3.05, 3.63) is 18.0 Å². The van der Waals surface area contributed by atoms with Crippen molar-refractivity contribution in [2.75, 3.05) is 23.7 Å². The highest BCUT2D eigenvalue weighted by Crippen LogP contribution is 2.25. The van der Waals surface area contributed by atoms with Crippen LogP contribution in [-0.4, -0.2) is 67.6 Å². The number of carbonyl (C=O) groups excluding carboxylic acids is 1. The number of hydrogen-bond donors (Lipinski definition) is 3. The third kappa shape index (κ3) is 5.58. The first kappa shape index (κ1) is 23.1. The highest BCUT2D eigenvalue weighted by atomic mass is 16.6. The number of likely N-dealkylation sites (tertiary alicyclic amines) is 1. The van der Waals surface area contributed by atoms with Gasteiger partial charge in [0.05, 0.1) is 29.7 Å². The summed E-state index contributed by atoms with van der Waals surface area (Å²) in [7, 11) is 0. The van der Waals surface area contributed by atoms with E-state index in [1.54, 1.807) is 11.8 Å². The lowest BCUT2D eigenvalue weighted by Crippen LogP contribution is -2.36. The Hall–Kier alpha value is -2.55. The summed E-state index contributed by atoms with van der Waals surface area (Å²) in [5.41, 5.74) is 2.11. The Morgan fingerprint density at radius 2 is 2.13 bits per heavy atom. The molecule has 0 unspecified atom stereocenters. The van der Waals surface area contributed by atoms with Gasteiger partial charge in [-0.25, -0.2) is 14.3 Å². The lowest BCUT2D eigenvalue weighted by atomic mass is 10.1. The minimum absolute atomic E-state index is 0.0899. The maximum absolute atomic E-state index is 12.4. The fraction of sp³-hybridized carbons (Fsp3) is 0.682. The van der Waals surface area contributed by atoms with E-state index in [-0.39, 0.29) is 18.2 Å². The predicted molar refractivity (Wildman–Crippen MR) is 122 cm³/mol. The van der Waals surface area contributed by atoms with Crippen LogP contribution in [0.15, 0.2) is 12.3 Å². The van der Waals surface area contributed by atoms with Crippen LogP contribution in [-0.2, 0) is 11.2 Å². The smallest absolute Gasteiger partial charge is 0.410 e. The summed E-state index contributed by atoms with van der Waals surface area (Å²) in [6.07, 6.45) is 3.47. The Morgan fingerprint density at radius 1 is 1.39 bits per heavy atom. The van der Waals surface area contributed by atoms with E-state index in [1.807, 2.05) is 44.5 Å². The first-order chi connectivity index (χ1) is 14.6. The number of aliphatic hydroxyl groups excluding tert-OH is 1. The van der Waals surface area contributed by atoms with Crippen LogP contribution in [0.4, 0.5) is 16.3 Å². The quantitative estimate of drug-likeness (QED) is 0.617. The molecule has 0 bridgehead atoms. The van der Waals surface area contributed by atoms with Crippen molar-refractivity contribution in [1.29, 1.82) is 0 Å². The fourth-order valence-corrected chi connectivity index (χ4v) is 3.78. The Bertz CT molecular complexity index is 905. The van der Waals surface area contributed by atoms with E-state index in [9.17, 15) is 9.90 Å². The monoisotopic (exact) mass is 432 g/mol.